The zero-order valence-electron chi connectivity index (χ0n) is 16.3. The lowest BCUT2D eigenvalue weighted by Crippen LogP contribution is -2.57. The second kappa shape index (κ2) is 8.55. The Kier molecular flexibility index (Phi) is 7.05. The van der Waals surface area contributed by atoms with Crippen LogP contribution < -0.4 is 5.32 Å². The lowest BCUT2D eigenvalue weighted by Gasteiger charge is -2.39. The van der Waals surface area contributed by atoms with Crippen molar-refractivity contribution in [2.24, 2.45) is 4.99 Å². The number of hydrogen-bond acceptors (Lipinski definition) is 4. The maximum atomic E-state index is 12.2. The molecule has 0 saturated carbocycles. The van der Waals surface area contributed by atoms with Crippen LogP contribution in [0.4, 0.5) is 0 Å². The number of halogens is 1. The number of rotatable bonds is 2. The van der Waals surface area contributed by atoms with Gasteiger partial charge in [-0.2, -0.15) is 0 Å². The molecule has 152 valence electrons. The summed E-state index contributed by atoms with van der Waals surface area (Å²) in [5.74, 6) is 1.13. The molecule has 0 unspecified atom stereocenters. The molecule has 2 aliphatic rings. The van der Waals surface area contributed by atoms with Gasteiger partial charge in [-0.05, 0) is 56.7 Å². The van der Waals surface area contributed by atoms with Gasteiger partial charge in [-0.25, -0.2) is 8.42 Å². The van der Waals surface area contributed by atoms with Crippen LogP contribution >= 0.6 is 24.0 Å². The van der Waals surface area contributed by atoms with Crippen molar-refractivity contribution in [2.75, 3.05) is 25.9 Å². The van der Waals surface area contributed by atoms with Crippen molar-refractivity contribution in [3.8, 4) is 5.75 Å². The molecule has 3 rings (SSSR count). The summed E-state index contributed by atoms with van der Waals surface area (Å²) in [7, 11) is -1.38. The van der Waals surface area contributed by atoms with E-state index in [2.05, 4.69) is 10.3 Å². The van der Waals surface area contributed by atoms with Gasteiger partial charge in [0.05, 0.1) is 10.5 Å². The third-order valence-corrected chi connectivity index (χ3v) is 8.14. The molecule has 2 N–H and O–H groups in total. The molecule has 1 saturated heterocycles. The first-order valence-corrected chi connectivity index (χ1v) is 10.9. The molecule has 1 fully saturated rings. The number of phenols is 1. The van der Waals surface area contributed by atoms with Crippen molar-refractivity contribution in [3.05, 3.63) is 28.8 Å². The number of nitrogens with zero attached hydrogens (tertiary/aromatic N) is 2. The van der Waals surface area contributed by atoms with Crippen LogP contribution in [0.2, 0.25) is 0 Å². The topological polar surface area (TPSA) is 82.0 Å². The molecule has 0 atom stereocenters. The second-order valence-corrected chi connectivity index (χ2v) is 10.6. The molecular formula is C19H30IN3O3S. The average Bonchev–Trinajstić information content (AvgIpc) is 2.60. The Hall–Kier alpha value is -1.03. The van der Waals surface area contributed by atoms with Gasteiger partial charge in [-0.3, -0.25) is 4.99 Å². The molecule has 1 aromatic rings. The second-order valence-electron chi connectivity index (χ2n) is 7.81. The van der Waals surface area contributed by atoms with Gasteiger partial charge in [0.15, 0.2) is 15.8 Å². The molecule has 1 aliphatic carbocycles. The Morgan fingerprint density at radius 1 is 1.30 bits per heavy atom. The Labute approximate surface area is 179 Å². The molecule has 1 aliphatic heterocycles. The van der Waals surface area contributed by atoms with E-state index in [-0.39, 0.29) is 29.7 Å². The van der Waals surface area contributed by atoms with Gasteiger partial charge in [-0.1, -0.05) is 6.07 Å². The lowest BCUT2D eigenvalue weighted by atomic mass is 9.88. The summed E-state index contributed by atoms with van der Waals surface area (Å²) >= 11 is 0. The molecule has 1 aromatic carbocycles. The van der Waals surface area contributed by atoms with Crippen LogP contribution in [-0.4, -0.2) is 55.0 Å². The average molecular weight is 507 g/mol. The number of benzene rings is 1. The molecule has 0 spiro atoms. The van der Waals surface area contributed by atoms with Gasteiger partial charge < -0.3 is 15.3 Å². The fourth-order valence-electron chi connectivity index (χ4n) is 3.91. The lowest BCUT2D eigenvalue weighted by molar-refractivity contribution is 0.353. The number of aromatic hydroxyl groups is 1. The maximum absolute atomic E-state index is 12.2. The summed E-state index contributed by atoms with van der Waals surface area (Å²) < 4.78 is 23.7. The highest BCUT2D eigenvalue weighted by atomic mass is 127. The van der Waals surface area contributed by atoms with Crippen molar-refractivity contribution in [3.63, 3.8) is 0 Å². The minimum Gasteiger partial charge on any atom is -0.508 e. The van der Waals surface area contributed by atoms with E-state index < -0.39 is 14.6 Å². The number of guanidine groups is 1. The van der Waals surface area contributed by atoms with Crippen LogP contribution in [0.5, 0.6) is 5.75 Å². The Morgan fingerprint density at radius 2 is 2.00 bits per heavy atom. The molecule has 8 heteroatoms. The third-order valence-electron chi connectivity index (χ3n) is 5.60. The maximum Gasteiger partial charge on any atom is 0.193 e. The van der Waals surface area contributed by atoms with Gasteiger partial charge in [0.2, 0.25) is 0 Å². The normalized spacial score (nSPS) is 21.1. The Bertz CT molecular complexity index is 822. The summed E-state index contributed by atoms with van der Waals surface area (Å²) in [5, 5.41) is 13.7. The number of hydrogen-bond donors (Lipinski definition) is 2. The largest absolute Gasteiger partial charge is 0.508 e. The van der Waals surface area contributed by atoms with Crippen molar-refractivity contribution in [1.29, 1.82) is 0 Å². The van der Waals surface area contributed by atoms with E-state index in [0.29, 0.717) is 31.3 Å². The Balaban J connectivity index is 0.00000261. The third kappa shape index (κ3) is 4.52. The van der Waals surface area contributed by atoms with E-state index in [1.165, 1.54) is 17.5 Å². The minimum absolute atomic E-state index is 0. The first-order valence-electron chi connectivity index (χ1n) is 9.26. The van der Waals surface area contributed by atoms with Crippen LogP contribution in [0.3, 0.4) is 0 Å². The first-order chi connectivity index (χ1) is 12.2. The van der Waals surface area contributed by atoms with Gasteiger partial charge in [-0.15, -0.1) is 24.0 Å². The van der Waals surface area contributed by atoms with Crippen LogP contribution in [0, 0.1) is 0 Å². The van der Waals surface area contributed by atoms with Gasteiger partial charge in [0.25, 0.3) is 0 Å². The van der Waals surface area contributed by atoms with Crippen LogP contribution in [0.25, 0.3) is 0 Å². The summed E-state index contributed by atoms with van der Waals surface area (Å²) in [5.41, 5.74) is 3.51. The highest BCUT2D eigenvalue weighted by Crippen LogP contribution is 2.30. The van der Waals surface area contributed by atoms with Crippen LogP contribution in [-0.2, 0) is 29.2 Å². The molecule has 27 heavy (non-hydrogen) atoms. The minimum atomic E-state index is -3.09. The Morgan fingerprint density at radius 3 is 2.67 bits per heavy atom. The van der Waals surface area contributed by atoms with Crippen molar-refractivity contribution < 1.29 is 13.5 Å². The van der Waals surface area contributed by atoms with Gasteiger partial charge in [0, 0.05) is 32.2 Å². The van der Waals surface area contributed by atoms with E-state index in [0.717, 1.165) is 24.8 Å². The standard InChI is InChI=1S/C19H29N3O3S.HI/c1-19(2)13-22(10-11-26(19,24)25)18(20-3)21-12-16-15-7-5-4-6-14(15)8-9-17(16)23;/h8-9,23H,4-7,10-13H2,1-3H3,(H,20,21);1H. The fraction of sp³-hybridized carbons (Fsp3) is 0.632. The van der Waals surface area contributed by atoms with Crippen molar-refractivity contribution in [1.82, 2.24) is 10.2 Å². The number of nitrogens with one attached hydrogen (secondary N) is 1. The van der Waals surface area contributed by atoms with E-state index in [4.69, 9.17) is 0 Å². The van der Waals surface area contributed by atoms with Crippen LogP contribution in [0.1, 0.15) is 43.4 Å². The van der Waals surface area contributed by atoms with E-state index in [1.54, 1.807) is 27.0 Å². The highest BCUT2D eigenvalue weighted by molar-refractivity contribution is 14.0. The summed E-state index contributed by atoms with van der Waals surface area (Å²) in [6, 6.07) is 3.81. The smallest absolute Gasteiger partial charge is 0.193 e. The summed E-state index contributed by atoms with van der Waals surface area (Å²) in [6.45, 7) is 4.87. The van der Waals surface area contributed by atoms with Gasteiger partial charge >= 0.3 is 0 Å². The summed E-state index contributed by atoms with van der Waals surface area (Å²) in [6.07, 6.45) is 4.41. The monoisotopic (exact) mass is 507 g/mol. The number of sulfone groups is 1. The highest BCUT2D eigenvalue weighted by Gasteiger charge is 2.41. The number of aryl methyl sites for hydroxylation is 1. The van der Waals surface area contributed by atoms with Crippen LogP contribution in [0.15, 0.2) is 17.1 Å². The molecule has 0 amide bonds. The van der Waals surface area contributed by atoms with Gasteiger partial charge in [0.1, 0.15) is 5.75 Å². The molecule has 6 nitrogen and oxygen atoms in total. The fourth-order valence-corrected chi connectivity index (χ4v) is 5.28. The van der Waals surface area contributed by atoms with E-state index in [9.17, 15) is 13.5 Å². The zero-order chi connectivity index (χ0) is 18.9. The van der Waals surface area contributed by atoms with Crippen molar-refractivity contribution in [2.45, 2.75) is 50.8 Å². The first kappa shape index (κ1) is 22.3. The molecule has 0 bridgehead atoms. The number of phenolic OH excluding ortho intramolecular Hbond substituents is 1. The predicted octanol–water partition coefficient (Wildman–Crippen LogP) is 2.47. The molecule has 1 heterocycles. The number of aliphatic imine (C=N–C) groups is 1. The summed E-state index contributed by atoms with van der Waals surface area (Å²) in [4.78, 5) is 6.33. The van der Waals surface area contributed by atoms with Crippen molar-refractivity contribution >= 4 is 39.8 Å². The SMILES string of the molecule is CN=C(NCc1c(O)ccc2c1CCCC2)N1CCS(=O)(=O)C(C)(C)C1.I. The molecular weight excluding hydrogens is 477 g/mol. The van der Waals surface area contributed by atoms with E-state index >= 15 is 0 Å². The quantitative estimate of drug-likeness (QED) is 0.365. The predicted molar refractivity (Wildman–Crippen MR) is 120 cm³/mol. The zero-order valence-corrected chi connectivity index (χ0v) is 19.4. The number of fused-ring (bicyclic) bond motifs is 1. The van der Waals surface area contributed by atoms with E-state index in [1.807, 2.05) is 11.0 Å². The molecule has 0 radical (unpaired) electrons. The molecule has 0 aromatic heterocycles.